The number of aryl methyl sites for hydroxylation is 1. The SMILES string of the molecule is Cc1cn[nH]c1NS(=O)(=O)c1cccc(Cl)c1. The fourth-order valence-electron chi connectivity index (χ4n) is 1.28. The number of sulfonamides is 1. The van der Waals surface area contributed by atoms with Crippen molar-refractivity contribution >= 4 is 27.4 Å². The molecule has 2 N–H and O–H groups in total. The van der Waals surface area contributed by atoms with Crippen LogP contribution in [0.1, 0.15) is 5.56 Å². The van der Waals surface area contributed by atoms with Crippen molar-refractivity contribution in [2.45, 2.75) is 11.8 Å². The number of hydrogen-bond donors (Lipinski definition) is 2. The molecule has 2 rings (SSSR count). The first kappa shape index (κ1) is 11.9. The lowest BCUT2D eigenvalue weighted by Gasteiger charge is -2.06. The first-order chi connectivity index (χ1) is 7.99. The number of aromatic nitrogens is 2. The van der Waals surface area contributed by atoms with Crippen molar-refractivity contribution in [2.24, 2.45) is 0 Å². The standard InChI is InChI=1S/C10H10ClN3O2S/c1-7-6-12-13-10(7)14-17(15,16)9-4-2-3-8(11)5-9/h2-6H,1H3,(H2,12,13,14). The fourth-order valence-corrected chi connectivity index (χ4v) is 2.67. The van der Waals surface area contributed by atoms with Gasteiger partial charge < -0.3 is 0 Å². The Kier molecular flexibility index (Phi) is 3.08. The van der Waals surface area contributed by atoms with Crippen LogP contribution in [0.5, 0.6) is 0 Å². The Morgan fingerprint density at radius 2 is 2.18 bits per heavy atom. The summed E-state index contributed by atoms with van der Waals surface area (Å²) in [4.78, 5) is 0.110. The van der Waals surface area contributed by atoms with E-state index in [0.717, 1.165) is 5.56 Å². The molecule has 7 heteroatoms. The molecule has 5 nitrogen and oxygen atoms in total. The number of hydrogen-bond acceptors (Lipinski definition) is 3. The second-order valence-electron chi connectivity index (χ2n) is 3.49. The van der Waals surface area contributed by atoms with Crippen LogP contribution in [0.2, 0.25) is 5.02 Å². The van der Waals surface area contributed by atoms with Crippen LogP contribution in [0.3, 0.4) is 0 Å². The molecular formula is C10H10ClN3O2S. The van der Waals surface area contributed by atoms with Crippen molar-refractivity contribution in [1.29, 1.82) is 0 Å². The van der Waals surface area contributed by atoms with Crippen LogP contribution in [0, 0.1) is 6.92 Å². The van der Waals surface area contributed by atoms with Gasteiger partial charge in [-0.25, -0.2) is 8.42 Å². The van der Waals surface area contributed by atoms with Gasteiger partial charge >= 0.3 is 0 Å². The monoisotopic (exact) mass is 271 g/mol. The predicted octanol–water partition coefficient (Wildman–Crippen LogP) is 2.17. The van der Waals surface area contributed by atoms with Crippen molar-refractivity contribution in [1.82, 2.24) is 10.2 Å². The number of nitrogens with one attached hydrogen (secondary N) is 2. The van der Waals surface area contributed by atoms with Crippen molar-refractivity contribution < 1.29 is 8.42 Å². The summed E-state index contributed by atoms with van der Waals surface area (Å²) in [5, 5.41) is 6.68. The summed E-state index contributed by atoms with van der Waals surface area (Å²) in [5.41, 5.74) is 0.718. The number of anilines is 1. The molecule has 2 aromatic rings. The number of nitrogens with zero attached hydrogens (tertiary/aromatic N) is 1. The van der Waals surface area contributed by atoms with E-state index in [1.54, 1.807) is 19.1 Å². The minimum Gasteiger partial charge on any atom is -0.264 e. The molecule has 0 bridgehead atoms. The van der Waals surface area contributed by atoms with Crippen LogP contribution in [0.15, 0.2) is 35.4 Å². The van der Waals surface area contributed by atoms with E-state index in [1.165, 1.54) is 18.3 Å². The molecule has 1 aromatic carbocycles. The maximum atomic E-state index is 12.0. The molecular weight excluding hydrogens is 262 g/mol. The van der Waals surface area contributed by atoms with E-state index < -0.39 is 10.0 Å². The Bertz CT molecular complexity index is 637. The Hall–Kier alpha value is -1.53. The van der Waals surface area contributed by atoms with E-state index in [9.17, 15) is 8.42 Å². The highest BCUT2D eigenvalue weighted by Gasteiger charge is 2.16. The van der Waals surface area contributed by atoms with Crippen molar-refractivity contribution in [3.05, 3.63) is 41.0 Å². The molecule has 0 fully saturated rings. The highest BCUT2D eigenvalue weighted by atomic mass is 35.5. The third-order valence-corrected chi connectivity index (χ3v) is 3.75. The minimum atomic E-state index is -3.63. The zero-order valence-electron chi connectivity index (χ0n) is 8.94. The number of aromatic amines is 1. The number of rotatable bonds is 3. The molecule has 0 aliphatic rings. The van der Waals surface area contributed by atoms with Crippen molar-refractivity contribution in [3.63, 3.8) is 0 Å². The van der Waals surface area contributed by atoms with E-state index in [4.69, 9.17) is 11.6 Å². The number of H-pyrrole nitrogens is 1. The fraction of sp³-hybridized carbons (Fsp3) is 0.100. The van der Waals surface area contributed by atoms with Gasteiger partial charge in [-0.15, -0.1) is 0 Å². The Labute approximate surface area is 104 Å². The van der Waals surface area contributed by atoms with Gasteiger partial charge in [0.25, 0.3) is 10.0 Å². The summed E-state index contributed by atoms with van der Waals surface area (Å²) in [5.74, 6) is 0.352. The normalized spacial score (nSPS) is 11.4. The third-order valence-electron chi connectivity index (χ3n) is 2.17. The van der Waals surface area contributed by atoms with Gasteiger partial charge in [-0.2, -0.15) is 5.10 Å². The van der Waals surface area contributed by atoms with Crippen LogP contribution in [-0.2, 0) is 10.0 Å². The van der Waals surface area contributed by atoms with Crippen LogP contribution >= 0.6 is 11.6 Å². The highest BCUT2D eigenvalue weighted by Crippen LogP contribution is 2.19. The molecule has 1 aromatic heterocycles. The lowest BCUT2D eigenvalue weighted by molar-refractivity contribution is 0.601. The van der Waals surface area contributed by atoms with Gasteiger partial charge in [-0.05, 0) is 25.1 Å². The van der Waals surface area contributed by atoms with Crippen LogP contribution in [0.25, 0.3) is 0 Å². The average Bonchev–Trinajstić information content (AvgIpc) is 2.64. The highest BCUT2D eigenvalue weighted by molar-refractivity contribution is 7.92. The number of halogens is 1. The quantitative estimate of drug-likeness (QED) is 0.898. The maximum absolute atomic E-state index is 12.0. The summed E-state index contributed by atoms with van der Waals surface area (Å²) in [6, 6.07) is 6.05. The van der Waals surface area contributed by atoms with Crippen molar-refractivity contribution in [2.75, 3.05) is 4.72 Å². The second-order valence-corrected chi connectivity index (χ2v) is 5.61. The molecule has 0 atom stereocenters. The Morgan fingerprint density at radius 3 is 2.76 bits per heavy atom. The molecule has 1 heterocycles. The summed E-state index contributed by atoms with van der Waals surface area (Å²) in [6.07, 6.45) is 1.54. The summed E-state index contributed by atoms with van der Waals surface area (Å²) in [7, 11) is -3.63. The molecule has 0 spiro atoms. The maximum Gasteiger partial charge on any atom is 0.263 e. The average molecular weight is 272 g/mol. The number of benzene rings is 1. The molecule has 0 radical (unpaired) electrons. The molecule has 0 aliphatic carbocycles. The Balaban J connectivity index is 2.35. The third kappa shape index (κ3) is 2.59. The summed E-state index contributed by atoms with van der Waals surface area (Å²) < 4.78 is 26.4. The molecule has 0 unspecified atom stereocenters. The first-order valence-corrected chi connectivity index (χ1v) is 6.63. The summed E-state index contributed by atoms with van der Waals surface area (Å²) in [6.45, 7) is 1.75. The van der Waals surface area contributed by atoms with E-state index in [-0.39, 0.29) is 4.90 Å². The van der Waals surface area contributed by atoms with Gasteiger partial charge in [-0.3, -0.25) is 9.82 Å². The van der Waals surface area contributed by atoms with Gasteiger partial charge in [0.1, 0.15) is 5.82 Å². The second kappa shape index (κ2) is 4.38. The largest absolute Gasteiger partial charge is 0.264 e. The molecule has 17 heavy (non-hydrogen) atoms. The van der Waals surface area contributed by atoms with Gasteiger partial charge in [-0.1, -0.05) is 17.7 Å². The molecule has 90 valence electrons. The van der Waals surface area contributed by atoms with Crippen LogP contribution < -0.4 is 4.72 Å². The van der Waals surface area contributed by atoms with Gasteiger partial charge in [0, 0.05) is 10.6 Å². The van der Waals surface area contributed by atoms with Crippen LogP contribution in [0.4, 0.5) is 5.82 Å². The van der Waals surface area contributed by atoms with E-state index >= 15 is 0 Å². The Morgan fingerprint density at radius 1 is 1.41 bits per heavy atom. The van der Waals surface area contributed by atoms with Gasteiger partial charge in [0.2, 0.25) is 0 Å². The molecule has 0 aliphatic heterocycles. The van der Waals surface area contributed by atoms with E-state index in [2.05, 4.69) is 14.9 Å². The molecule has 0 saturated carbocycles. The van der Waals surface area contributed by atoms with Gasteiger partial charge in [0.15, 0.2) is 0 Å². The van der Waals surface area contributed by atoms with Gasteiger partial charge in [0.05, 0.1) is 11.1 Å². The smallest absolute Gasteiger partial charge is 0.263 e. The zero-order valence-corrected chi connectivity index (χ0v) is 10.5. The minimum absolute atomic E-state index is 0.110. The topological polar surface area (TPSA) is 74.8 Å². The van der Waals surface area contributed by atoms with Crippen molar-refractivity contribution in [3.8, 4) is 0 Å². The predicted molar refractivity (Wildman–Crippen MR) is 65.6 cm³/mol. The van der Waals surface area contributed by atoms with E-state index in [1.807, 2.05) is 0 Å². The lowest BCUT2D eigenvalue weighted by atomic mass is 10.4. The molecule has 0 amide bonds. The molecule has 0 saturated heterocycles. The van der Waals surface area contributed by atoms with E-state index in [0.29, 0.717) is 10.8 Å². The first-order valence-electron chi connectivity index (χ1n) is 4.77. The summed E-state index contributed by atoms with van der Waals surface area (Å²) >= 11 is 5.75. The lowest BCUT2D eigenvalue weighted by Crippen LogP contribution is -2.13. The zero-order chi connectivity index (χ0) is 12.5. The van der Waals surface area contributed by atoms with Crippen LogP contribution in [-0.4, -0.2) is 18.6 Å².